The maximum Gasteiger partial charge on any atom is 0.271 e. The molecule has 6 heteroatoms. The van der Waals surface area contributed by atoms with Gasteiger partial charge in [0.05, 0.1) is 24.7 Å². The van der Waals surface area contributed by atoms with E-state index in [1.54, 1.807) is 17.2 Å². The van der Waals surface area contributed by atoms with Crippen LogP contribution in [0.1, 0.15) is 29.5 Å². The topological polar surface area (TPSA) is 60.9 Å². The molecule has 0 spiro atoms. The Morgan fingerprint density at radius 1 is 1.03 bits per heavy atom. The van der Waals surface area contributed by atoms with Crippen molar-refractivity contribution in [3.63, 3.8) is 0 Å². The summed E-state index contributed by atoms with van der Waals surface area (Å²) >= 11 is 1.45. The summed E-state index contributed by atoms with van der Waals surface area (Å²) in [6, 6.07) is 13.8. The first-order chi connectivity index (χ1) is 14.8. The first-order valence-corrected chi connectivity index (χ1v) is 11.0. The normalized spacial score (nSPS) is 13.7. The zero-order valence-corrected chi connectivity index (χ0v) is 17.1. The summed E-state index contributed by atoms with van der Waals surface area (Å²) in [7, 11) is 0. The molecular weight excluding hydrogens is 394 g/mol. The molecule has 4 heterocycles. The average Bonchev–Trinajstić information content (AvgIpc) is 3.44. The number of furan rings is 1. The van der Waals surface area contributed by atoms with Gasteiger partial charge in [0, 0.05) is 5.39 Å². The zero-order chi connectivity index (χ0) is 20.1. The van der Waals surface area contributed by atoms with Gasteiger partial charge in [-0.1, -0.05) is 30.3 Å². The molecule has 1 aliphatic carbocycles. The number of nitrogens with zero attached hydrogens (tertiary/aromatic N) is 3. The van der Waals surface area contributed by atoms with Crippen LogP contribution in [0.3, 0.4) is 0 Å². The lowest BCUT2D eigenvalue weighted by Crippen LogP contribution is -2.20. The molecule has 1 aromatic carbocycles. The van der Waals surface area contributed by atoms with Gasteiger partial charge in [-0.25, -0.2) is 9.97 Å². The van der Waals surface area contributed by atoms with Crippen molar-refractivity contribution < 1.29 is 4.42 Å². The Morgan fingerprint density at radius 3 is 2.67 bits per heavy atom. The number of hydrogen-bond donors (Lipinski definition) is 0. The van der Waals surface area contributed by atoms with E-state index in [9.17, 15) is 4.79 Å². The van der Waals surface area contributed by atoms with E-state index in [0.29, 0.717) is 11.2 Å². The third-order valence-corrected chi connectivity index (χ3v) is 6.93. The quantitative estimate of drug-likeness (QED) is 0.408. The summed E-state index contributed by atoms with van der Waals surface area (Å²) in [5.74, 6) is 0.793. The minimum absolute atomic E-state index is 0.00374. The molecule has 5 aromatic rings. The Balaban J connectivity index is 1.59. The second-order valence-electron chi connectivity index (χ2n) is 7.73. The fraction of sp³-hybridized carbons (Fsp3) is 0.208. The molecule has 0 N–H and O–H groups in total. The Hall–Kier alpha value is -3.25. The van der Waals surface area contributed by atoms with Crippen molar-refractivity contribution in [2.45, 2.75) is 32.2 Å². The molecule has 0 fully saturated rings. The second kappa shape index (κ2) is 6.92. The third-order valence-electron chi connectivity index (χ3n) is 5.86. The van der Waals surface area contributed by atoms with Crippen molar-refractivity contribution in [1.82, 2.24) is 14.5 Å². The Bertz CT molecular complexity index is 1430. The highest BCUT2D eigenvalue weighted by molar-refractivity contribution is 7.25. The Kier molecular flexibility index (Phi) is 4.06. The van der Waals surface area contributed by atoms with Gasteiger partial charge >= 0.3 is 0 Å². The highest BCUT2D eigenvalue weighted by Gasteiger charge is 2.24. The van der Waals surface area contributed by atoms with Gasteiger partial charge < -0.3 is 4.42 Å². The second-order valence-corrected chi connectivity index (χ2v) is 8.72. The molecule has 0 radical (unpaired) electrons. The largest absolute Gasteiger partial charge is 0.463 e. The van der Waals surface area contributed by atoms with Crippen LogP contribution in [0.15, 0.2) is 64.3 Å². The predicted molar refractivity (Wildman–Crippen MR) is 119 cm³/mol. The number of fused-ring (bicyclic) bond motifs is 5. The Morgan fingerprint density at radius 2 is 1.87 bits per heavy atom. The number of thiophene rings is 1. The van der Waals surface area contributed by atoms with E-state index in [4.69, 9.17) is 14.4 Å². The van der Waals surface area contributed by atoms with Crippen molar-refractivity contribution in [2.24, 2.45) is 0 Å². The lowest BCUT2D eigenvalue weighted by molar-refractivity contribution is 0.577. The van der Waals surface area contributed by atoms with Crippen molar-refractivity contribution >= 4 is 31.8 Å². The maximum atomic E-state index is 13.3. The van der Waals surface area contributed by atoms with Gasteiger partial charge in [0.1, 0.15) is 15.2 Å². The van der Waals surface area contributed by atoms with Crippen LogP contribution in [0.4, 0.5) is 0 Å². The van der Waals surface area contributed by atoms with Crippen molar-refractivity contribution in [1.29, 1.82) is 0 Å². The van der Waals surface area contributed by atoms with Crippen LogP contribution in [0.2, 0.25) is 0 Å². The van der Waals surface area contributed by atoms with Crippen LogP contribution in [-0.4, -0.2) is 14.5 Å². The lowest BCUT2D eigenvalue weighted by atomic mass is 9.88. The van der Waals surface area contributed by atoms with Gasteiger partial charge in [-0.15, -0.1) is 11.3 Å². The van der Waals surface area contributed by atoms with Gasteiger partial charge in [0.2, 0.25) is 0 Å². The van der Waals surface area contributed by atoms with Crippen molar-refractivity contribution in [3.8, 4) is 11.5 Å². The molecule has 0 saturated heterocycles. The minimum atomic E-state index is -0.00374. The standard InChI is InChI=1S/C24H19N3O2S/c28-24-22-21(25-14-27(24)13-15-7-2-1-3-8-15)19-16-9-4-5-10-17(16)20(26-23(19)30-22)18-11-6-12-29-18/h1-3,6-8,11-12,14H,4-5,9-10,13H2. The van der Waals surface area contributed by atoms with Gasteiger partial charge in [-0.3, -0.25) is 9.36 Å². The molecular formula is C24H19N3O2S. The molecule has 6 rings (SSSR count). The van der Waals surface area contributed by atoms with Crippen LogP contribution in [0.5, 0.6) is 0 Å². The van der Waals surface area contributed by atoms with E-state index in [2.05, 4.69) is 0 Å². The monoisotopic (exact) mass is 413 g/mol. The lowest BCUT2D eigenvalue weighted by Gasteiger charge is -2.19. The molecule has 0 aliphatic heterocycles. The highest BCUT2D eigenvalue weighted by Crippen LogP contribution is 2.40. The molecule has 0 unspecified atom stereocenters. The van der Waals surface area contributed by atoms with Gasteiger partial charge in [0.15, 0.2) is 5.76 Å². The molecule has 4 aromatic heterocycles. The first kappa shape index (κ1) is 17.6. The summed E-state index contributed by atoms with van der Waals surface area (Å²) in [6.45, 7) is 0.514. The van der Waals surface area contributed by atoms with Crippen LogP contribution in [0, 0.1) is 0 Å². The van der Waals surface area contributed by atoms with E-state index < -0.39 is 0 Å². The van der Waals surface area contributed by atoms with E-state index in [-0.39, 0.29) is 5.56 Å². The summed E-state index contributed by atoms with van der Waals surface area (Å²) in [6.07, 6.45) is 7.63. The van der Waals surface area contributed by atoms with Crippen LogP contribution in [0.25, 0.3) is 31.9 Å². The zero-order valence-electron chi connectivity index (χ0n) is 16.3. The van der Waals surface area contributed by atoms with E-state index >= 15 is 0 Å². The number of aromatic nitrogens is 3. The van der Waals surface area contributed by atoms with E-state index in [1.807, 2.05) is 42.5 Å². The number of pyridine rings is 1. The van der Waals surface area contributed by atoms with Gasteiger partial charge in [-0.2, -0.15) is 0 Å². The smallest absolute Gasteiger partial charge is 0.271 e. The average molecular weight is 414 g/mol. The maximum absolute atomic E-state index is 13.3. The van der Waals surface area contributed by atoms with Crippen LogP contribution < -0.4 is 5.56 Å². The predicted octanol–water partition coefficient (Wildman–Crippen LogP) is 5.19. The van der Waals surface area contributed by atoms with E-state index in [1.165, 1.54) is 22.5 Å². The third kappa shape index (κ3) is 2.71. The van der Waals surface area contributed by atoms with Crippen molar-refractivity contribution in [3.05, 3.63) is 82.1 Å². The molecule has 0 amide bonds. The first-order valence-electron chi connectivity index (χ1n) is 10.2. The summed E-state index contributed by atoms with van der Waals surface area (Å²) < 4.78 is 8.05. The van der Waals surface area contributed by atoms with Gasteiger partial charge in [0.25, 0.3) is 5.56 Å². The van der Waals surface area contributed by atoms with E-state index in [0.717, 1.165) is 58.4 Å². The molecule has 0 bridgehead atoms. The van der Waals surface area contributed by atoms with Crippen molar-refractivity contribution in [2.75, 3.05) is 0 Å². The van der Waals surface area contributed by atoms with Crippen LogP contribution >= 0.6 is 11.3 Å². The Labute approximate surface area is 176 Å². The number of hydrogen-bond acceptors (Lipinski definition) is 5. The highest BCUT2D eigenvalue weighted by atomic mass is 32.1. The minimum Gasteiger partial charge on any atom is -0.463 e. The SMILES string of the molecule is O=c1c2sc3nc(-c4ccco4)c4c(c3c2ncn1Cc1ccccc1)CCCC4. The fourth-order valence-corrected chi connectivity index (χ4v) is 5.57. The number of rotatable bonds is 3. The number of aryl methyl sites for hydroxylation is 1. The van der Waals surface area contributed by atoms with Crippen LogP contribution in [-0.2, 0) is 19.4 Å². The fourth-order valence-electron chi connectivity index (χ4n) is 4.46. The summed E-state index contributed by atoms with van der Waals surface area (Å²) in [5.41, 5.74) is 5.32. The molecule has 1 aliphatic rings. The number of benzene rings is 1. The molecule has 30 heavy (non-hydrogen) atoms. The summed E-state index contributed by atoms with van der Waals surface area (Å²) in [4.78, 5) is 23.8. The van der Waals surface area contributed by atoms with Gasteiger partial charge in [-0.05, 0) is 54.5 Å². The molecule has 5 nitrogen and oxygen atoms in total. The molecule has 0 saturated carbocycles. The molecule has 148 valence electrons. The molecule has 0 atom stereocenters. The summed E-state index contributed by atoms with van der Waals surface area (Å²) in [5, 5.41) is 1.06.